The molecule has 0 fully saturated rings. The van der Waals surface area contributed by atoms with Crippen LogP contribution in [0.2, 0.25) is 0 Å². The number of nitrogens with zero attached hydrogens (tertiary/aromatic N) is 2. The maximum atomic E-state index is 11.9. The fourth-order valence-corrected chi connectivity index (χ4v) is 4.05. The van der Waals surface area contributed by atoms with Gasteiger partial charge < -0.3 is 10.6 Å². The van der Waals surface area contributed by atoms with Gasteiger partial charge in [0.05, 0.1) is 0 Å². The summed E-state index contributed by atoms with van der Waals surface area (Å²) < 4.78 is 0. The molecule has 0 saturated heterocycles. The first kappa shape index (κ1) is 27.1. The van der Waals surface area contributed by atoms with Gasteiger partial charge in [0.2, 0.25) is 0 Å². The maximum Gasteiger partial charge on any atom is 0.159 e. The molecule has 0 aliphatic heterocycles. The fraction of sp³-hybridized carbons (Fsp3) is 0.367. The molecule has 2 N–H and O–H groups in total. The Bertz CT molecular complexity index is 988. The largest absolute Gasteiger partial charge is 0.399 e. The number of nitrogen functional groups attached to an aromatic ring is 1. The standard InChI is InChI=1S/C30H41N3O/c1-6-8-11-25(4)33(24(3)10-7-2)21-20-32(19-18-27-14-16-30(31)17-15-27)23-28-12-9-13-29(22-28)26(5)34/h6-17,22,24H,18-21,23,31H2,1-5H3/b8-6-,10-7-,25-11-. The molecule has 0 spiro atoms. The van der Waals surface area contributed by atoms with Gasteiger partial charge in [0.1, 0.15) is 0 Å². The maximum absolute atomic E-state index is 11.9. The average Bonchev–Trinajstić information content (AvgIpc) is 2.82. The van der Waals surface area contributed by atoms with Gasteiger partial charge >= 0.3 is 0 Å². The number of carbonyl (C=O) groups is 1. The molecule has 2 rings (SSSR count). The summed E-state index contributed by atoms with van der Waals surface area (Å²) in [4.78, 5) is 16.8. The van der Waals surface area contributed by atoms with Gasteiger partial charge in [-0.15, -0.1) is 0 Å². The monoisotopic (exact) mass is 459 g/mol. The first-order chi connectivity index (χ1) is 16.3. The van der Waals surface area contributed by atoms with Crippen LogP contribution in [-0.2, 0) is 13.0 Å². The summed E-state index contributed by atoms with van der Waals surface area (Å²) in [7, 11) is 0. The Morgan fingerprint density at radius 1 is 0.971 bits per heavy atom. The fourth-order valence-electron chi connectivity index (χ4n) is 4.05. The van der Waals surface area contributed by atoms with Crippen LogP contribution in [0.1, 0.15) is 56.1 Å². The number of Topliss-reactive ketones (excluding diaryl/α,β-unsaturated/α-hetero) is 1. The number of benzene rings is 2. The van der Waals surface area contributed by atoms with Gasteiger partial charge in [-0.3, -0.25) is 9.69 Å². The van der Waals surface area contributed by atoms with E-state index in [4.69, 9.17) is 5.73 Å². The SMILES string of the molecule is C/C=C\C=C(\C)N(CCN(CCc1ccc(N)cc1)Cc1cccc(C(C)=O)c1)C(C)/C=C\C. The number of anilines is 1. The molecule has 1 unspecified atom stereocenters. The molecule has 0 aliphatic carbocycles. The van der Waals surface area contributed by atoms with Gasteiger partial charge in [0.15, 0.2) is 5.78 Å². The van der Waals surface area contributed by atoms with Gasteiger partial charge in [-0.05, 0) is 76.4 Å². The van der Waals surface area contributed by atoms with E-state index in [1.54, 1.807) is 6.92 Å². The summed E-state index contributed by atoms with van der Waals surface area (Å²) in [6, 6.07) is 16.5. The van der Waals surface area contributed by atoms with E-state index in [0.29, 0.717) is 6.04 Å². The number of hydrogen-bond donors (Lipinski definition) is 1. The molecule has 2 aromatic rings. The Hall–Kier alpha value is -3.11. The molecule has 0 bridgehead atoms. The summed E-state index contributed by atoms with van der Waals surface area (Å²) in [5.41, 5.74) is 11.1. The van der Waals surface area contributed by atoms with Gasteiger partial charge in [-0.1, -0.05) is 54.6 Å². The smallest absolute Gasteiger partial charge is 0.159 e. The highest BCUT2D eigenvalue weighted by Crippen LogP contribution is 2.15. The number of rotatable bonds is 13. The second kappa shape index (κ2) is 14.2. The van der Waals surface area contributed by atoms with Gasteiger partial charge in [-0.25, -0.2) is 0 Å². The van der Waals surface area contributed by atoms with Crippen molar-refractivity contribution in [3.63, 3.8) is 0 Å². The lowest BCUT2D eigenvalue weighted by molar-refractivity contribution is 0.101. The highest BCUT2D eigenvalue weighted by molar-refractivity contribution is 5.94. The van der Waals surface area contributed by atoms with E-state index in [1.165, 1.54) is 16.8 Å². The van der Waals surface area contributed by atoms with Crippen molar-refractivity contribution in [1.29, 1.82) is 0 Å². The number of hydrogen-bond acceptors (Lipinski definition) is 4. The van der Waals surface area contributed by atoms with Crippen molar-refractivity contribution >= 4 is 11.5 Å². The lowest BCUT2D eigenvalue weighted by Gasteiger charge is -2.33. The molecule has 0 heterocycles. The number of carbonyl (C=O) groups excluding carboxylic acids is 1. The molecule has 0 aromatic heterocycles. The molecule has 1 atom stereocenters. The zero-order chi connectivity index (χ0) is 24.9. The Labute approximate surface area is 206 Å². The predicted octanol–water partition coefficient (Wildman–Crippen LogP) is 6.26. The molecular formula is C30H41N3O. The highest BCUT2D eigenvalue weighted by atomic mass is 16.1. The predicted molar refractivity (Wildman–Crippen MR) is 146 cm³/mol. The van der Waals surface area contributed by atoms with E-state index in [2.05, 4.69) is 79.2 Å². The van der Waals surface area contributed by atoms with Crippen LogP contribution in [0.3, 0.4) is 0 Å². The zero-order valence-electron chi connectivity index (χ0n) is 21.5. The average molecular weight is 460 g/mol. The van der Waals surface area contributed by atoms with Crippen LogP contribution in [0.25, 0.3) is 0 Å². The van der Waals surface area contributed by atoms with Crippen LogP contribution in [-0.4, -0.2) is 41.3 Å². The topological polar surface area (TPSA) is 49.6 Å². The van der Waals surface area contributed by atoms with E-state index < -0.39 is 0 Å². The quantitative estimate of drug-likeness (QED) is 0.166. The molecule has 2 aromatic carbocycles. The summed E-state index contributed by atoms with van der Waals surface area (Å²) in [6.07, 6.45) is 11.6. The molecule has 0 amide bonds. The summed E-state index contributed by atoms with van der Waals surface area (Å²) in [6.45, 7) is 13.7. The highest BCUT2D eigenvalue weighted by Gasteiger charge is 2.15. The number of allylic oxidation sites excluding steroid dienone is 5. The number of ketones is 1. The second-order valence-corrected chi connectivity index (χ2v) is 8.82. The molecule has 34 heavy (non-hydrogen) atoms. The van der Waals surface area contributed by atoms with Crippen molar-refractivity contribution in [2.75, 3.05) is 25.4 Å². The van der Waals surface area contributed by atoms with Gasteiger partial charge in [0.25, 0.3) is 0 Å². The van der Waals surface area contributed by atoms with E-state index in [9.17, 15) is 4.79 Å². The molecule has 4 nitrogen and oxygen atoms in total. The van der Waals surface area contributed by atoms with E-state index in [1.807, 2.05) is 37.3 Å². The van der Waals surface area contributed by atoms with E-state index in [0.717, 1.165) is 43.9 Å². The third-order valence-corrected chi connectivity index (χ3v) is 6.04. The molecule has 0 aliphatic rings. The Kier molecular flexibility index (Phi) is 11.3. The molecule has 4 heteroatoms. The first-order valence-electron chi connectivity index (χ1n) is 12.2. The molecule has 0 saturated carbocycles. The number of nitrogens with two attached hydrogens (primary N) is 1. The minimum absolute atomic E-state index is 0.103. The Morgan fingerprint density at radius 3 is 2.35 bits per heavy atom. The molecule has 0 radical (unpaired) electrons. The van der Waals surface area contributed by atoms with Crippen molar-refractivity contribution in [3.8, 4) is 0 Å². The van der Waals surface area contributed by atoms with E-state index >= 15 is 0 Å². The Morgan fingerprint density at radius 2 is 1.71 bits per heavy atom. The molecular weight excluding hydrogens is 418 g/mol. The van der Waals surface area contributed by atoms with Crippen molar-refractivity contribution in [1.82, 2.24) is 9.80 Å². The Balaban J connectivity index is 2.20. The first-order valence-corrected chi connectivity index (χ1v) is 12.2. The van der Waals surface area contributed by atoms with Crippen LogP contribution in [0, 0.1) is 0 Å². The normalized spacial score (nSPS) is 13.2. The minimum Gasteiger partial charge on any atom is -0.399 e. The van der Waals surface area contributed by atoms with Crippen LogP contribution < -0.4 is 5.73 Å². The van der Waals surface area contributed by atoms with Crippen LogP contribution in [0.4, 0.5) is 5.69 Å². The third kappa shape index (κ3) is 9.03. The van der Waals surface area contributed by atoms with Crippen molar-refractivity contribution in [2.45, 2.75) is 53.6 Å². The van der Waals surface area contributed by atoms with Crippen molar-refractivity contribution in [3.05, 3.63) is 101 Å². The van der Waals surface area contributed by atoms with Crippen molar-refractivity contribution < 1.29 is 4.79 Å². The summed E-state index contributed by atoms with van der Waals surface area (Å²) >= 11 is 0. The van der Waals surface area contributed by atoms with E-state index in [-0.39, 0.29) is 5.78 Å². The summed E-state index contributed by atoms with van der Waals surface area (Å²) in [5, 5.41) is 0. The van der Waals surface area contributed by atoms with Gasteiger partial charge in [0, 0.05) is 49.2 Å². The van der Waals surface area contributed by atoms with Crippen LogP contribution in [0.5, 0.6) is 0 Å². The lowest BCUT2D eigenvalue weighted by Crippen LogP contribution is -2.38. The second-order valence-electron chi connectivity index (χ2n) is 8.82. The van der Waals surface area contributed by atoms with Crippen LogP contribution in [0.15, 0.2) is 84.6 Å². The minimum atomic E-state index is 0.103. The summed E-state index contributed by atoms with van der Waals surface area (Å²) in [5.74, 6) is 0.103. The van der Waals surface area contributed by atoms with Gasteiger partial charge in [-0.2, -0.15) is 0 Å². The van der Waals surface area contributed by atoms with Crippen molar-refractivity contribution in [2.24, 2.45) is 0 Å². The molecule has 182 valence electrons. The zero-order valence-corrected chi connectivity index (χ0v) is 21.5. The van der Waals surface area contributed by atoms with Crippen LogP contribution >= 0.6 is 0 Å². The lowest BCUT2D eigenvalue weighted by atomic mass is 10.1. The third-order valence-electron chi connectivity index (χ3n) is 6.04.